The zero-order chi connectivity index (χ0) is 13.2. The van der Waals surface area contributed by atoms with E-state index in [1.807, 2.05) is 6.92 Å². The van der Waals surface area contributed by atoms with Gasteiger partial charge in [-0.2, -0.15) is 0 Å². The lowest BCUT2D eigenvalue weighted by atomic mass is 9.75. The number of amides is 1. The monoisotopic (exact) mass is 313 g/mol. The van der Waals surface area contributed by atoms with Crippen molar-refractivity contribution in [3.8, 4) is 0 Å². The summed E-state index contributed by atoms with van der Waals surface area (Å²) in [6, 6.07) is 4.31. The molecular formula is C14H17BrFNO. The normalized spacial score (nSPS) is 18.4. The molecule has 0 saturated heterocycles. The molecule has 1 aromatic rings. The molecule has 18 heavy (non-hydrogen) atoms. The number of carbonyl (C=O) groups excluding carboxylic acids is 1. The molecule has 0 atom stereocenters. The summed E-state index contributed by atoms with van der Waals surface area (Å²) >= 11 is 3.32. The highest BCUT2D eigenvalue weighted by molar-refractivity contribution is 9.10. The number of carbonyl (C=O) groups is 1. The Morgan fingerprint density at radius 3 is 2.67 bits per heavy atom. The second-order valence-corrected chi connectivity index (χ2v) is 6.05. The maximum absolute atomic E-state index is 13.2. The fraction of sp³-hybridized carbons (Fsp3) is 0.500. The van der Waals surface area contributed by atoms with Crippen molar-refractivity contribution in [2.24, 2.45) is 5.41 Å². The predicted molar refractivity (Wildman–Crippen MR) is 73.9 cm³/mol. The van der Waals surface area contributed by atoms with Crippen molar-refractivity contribution < 1.29 is 9.18 Å². The molecule has 0 bridgehead atoms. The maximum Gasteiger partial charge on any atom is 0.230 e. The first-order chi connectivity index (χ1) is 8.51. The summed E-state index contributed by atoms with van der Waals surface area (Å²) in [4.78, 5) is 12.3. The van der Waals surface area contributed by atoms with E-state index in [4.69, 9.17) is 0 Å². The summed E-state index contributed by atoms with van der Waals surface area (Å²) in [5.41, 5.74) is 0.191. The SMILES string of the molecule is CC1(C(=O)Nc2cc(F)ccc2Br)CCCCC1. The summed E-state index contributed by atoms with van der Waals surface area (Å²) in [5.74, 6) is -0.351. The second-order valence-electron chi connectivity index (χ2n) is 5.20. The number of hydrogen-bond acceptors (Lipinski definition) is 1. The van der Waals surface area contributed by atoms with Crippen molar-refractivity contribution in [3.05, 3.63) is 28.5 Å². The molecule has 1 aliphatic rings. The van der Waals surface area contributed by atoms with Crippen molar-refractivity contribution >= 4 is 27.5 Å². The Kier molecular flexibility index (Phi) is 4.05. The van der Waals surface area contributed by atoms with Crippen LogP contribution in [0.1, 0.15) is 39.0 Å². The van der Waals surface area contributed by atoms with Gasteiger partial charge in [0.25, 0.3) is 0 Å². The van der Waals surface area contributed by atoms with Crippen LogP contribution in [0.2, 0.25) is 0 Å². The first-order valence-corrected chi connectivity index (χ1v) is 7.07. The van der Waals surface area contributed by atoms with Gasteiger partial charge in [0.15, 0.2) is 0 Å². The van der Waals surface area contributed by atoms with Crippen LogP contribution >= 0.6 is 15.9 Å². The Morgan fingerprint density at radius 2 is 2.00 bits per heavy atom. The van der Waals surface area contributed by atoms with Gasteiger partial charge in [-0.05, 0) is 47.0 Å². The average molecular weight is 314 g/mol. The van der Waals surface area contributed by atoms with E-state index >= 15 is 0 Å². The molecule has 0 heterocycles. The van der Waals surface area contributed by atoms with Crippen LogP contribution in [0.5, 0.6) is 0 Å². The minimum absolute atomic E-state index is 0.00602. The Balaban J connectivity index is 2.13. The van der Waals surface area contributed by atoms with Gasteiger partial charge < -0.3 is 5.32 Å². The van der Waals surface area contributed by atoms with Crippen LogP contribution in [0.3, 0.4) is 0 Å². The summed E-state index contributed by atoms with van der Waals surface area (Å²) in [6.45, 7) is 1.99. The van der Waals surface area contributed by atoms with E-state index in [1.54, 1.807) is 6.07 Å². The fourth-order valence-corrected chi connectivity index (χ4v) is 2.77. The number of benzene rings is 1. The number of anilines is 1. The van der Waals surface area contributed by atoms with Gasteiger partial charge in [0.1, 0.15) is 5.82 Å². The fourth-order valence-electron chi connectivity index (χ4n) is 2.43. The van der Waals surface area contributed by atoms with E-state index in [9.17, 15) is 9.18 Å². The molecule has 0 aromatic heterocycles. The van der Waals surface area contributed by atoms with Crippen molar-refractivity contribution in [3.63, 3.8) is 0 Å². The number of rotatable bonds is 2. The number of halogens is 2. The van der Waals surface area contributed by atoms with E-state index in [0.29, 0.717) is 10.2 Å². The lowest BCUT2D eigenvalue weighted by Crippen LogP contribution is -2.35. The van der Waals surface area contributed by atoms with Crippen LogP contribution in [-0.2, 0) is 4.79 Å². The lowest BCUT2D eigenvalue weighted by Gasteiger charge is -2.32. The minimum Gasteiger partial charge on any atom is -0.325 e. The third-order valence-corrected chi connectivity index (χ3v) is 4.37. The summed E-state index contributed by atoms with van der Waals surface area (Å²) in [6.07, 6.45) is 5.20. The van der Waals surface area contributed by atoms with Crippen LogP contribution in [0.4, 0.5) is 10.1 Å². The Bertz CT molecular complexity index is 455. The highest BCUT2D eigenvalue weighted by Gasteiger charge is 2.34. The van der Waals surface area contributed by atoms with E-state index in [1.165, 1.54) is 18.6 Å². The van der Waals surface area contributed by atoms with Gasteiger partial charge in [-0.25, -0.2) is 4.39 Å². The lowest BCUT2D eigenvalue weighted by molar-refractivity contribution is -0.126. The highest BCUT2D eigenvalue weighted by atomic mass is 79.9. The zero-order valence-corrected chi connectivity index (χ0v) is 12.0. The van der Waals surface area contributed by atoms with Gasteiger partial charge in [0.05, 0.1) is 5.69 Å². The van der Waals surface area contributed by atoms with Crippen LogP contribution in [-0.4, -0.2) is 5.91 Å². The first kappa shape index (κ1) is 13.5. The van der Waals surface area contributed by atoms with Gasteiger partial charge in [-0.3, -0.25) is 4.79 Å². The molecule has 2 nitrogen and oxygen atoms in total. The van der Waals surface area contributed by atoms with E-state index in [-0.39, 0.29) is 17.1 Å². The number of nitrogens with one attached hydrogen (secondary N) is 1. The third-order valence-electron chi connectivity index (χ3n) is 3.68. The van der Waals surface area contributed by atoms with Gasteiger partial charge >= 0.3 is 0 Å². The first-order valence-electron chi connectivity index (χ1n) is 6.28. The summed E-state index contributed by atoms with van der Waals surface area (Å²) in [5, 5.41) is 2.84. The van der Waals surface area contributed by atoms with Crippen LogP contribution in [0, 0.1) is 11.2 Å². The van der Waals surface area contributed by atoms with Crippen molar-refractivity contribution in [2.45, 2.75) is 39.0 Å². The van der Waals surface area contributed by atoms with Gasteiger partial charge in [0.2, 0.25) is 5.91 Å². The molecule has 2 rings (SSSR count). The molecule has 1 amide bonds. The van der Waals surface area contributed by atoms with Crippen LogP contribution < -0.4 is 5.32 Å². The van der Waals surface area contributed by atoms with Crippen LogP contribution in [0.25, 0.3) is 0 Å². The Morgan fingerprint density at radius 1 is 1.33 bits per heavy atom. The minimum atomic E-state index is -0.345. The molecule has 0 radical (unpaired) electrons. The molecule has 1 aromatic carbocycles. The van der Waals surface area contributed by atoms with Crippen molar-refractivity contribution in [2.75, 3.05) is 5.32 Å². The van der Waals surface area contributed by atoms with E-state index in [2.05, 4.69) is 21.2 Å². The predicted octanol–water partition coefficient (Wildman–Crippen LogP) is 4.50. The smallest absolute Gasteiger partial charge is 0.230 e. The largest absolute Gasteiger partial charge is 0.325 e. The molecule has 1 fully saturated rings. The number of hydrogen-bond donors (Lipinski definition) is 1. The highest BCUT2D eigenvalue weighted by Crippen LogP contribution is 2.37. The van der Waals surface area contributed by atoms with Gasteiger partial charge in [0, 0.05) is 9.89 Å². The molecular weight excluding hydrogens is 297 g/mol. The standard InChI is InChI=1S/C14H17BrFNO/c1-14(7-3-2-4-8-14)13(18)17-12-9-10(16)5-6-11(12)15/h5-6,9H,2-4,7-8H2,1H3,(H,17,18). The zero-order valence-electron chi connectivity index (χ0n) is 10.4. The maximum atomic E-state index is 13.2. The molecule has 1 N–H and O–H groups in total. The topological polar surface area (TPSA) is 29.1 Å². The van der Waals surface area contributed by atoms with E-state index in [0.717, 1.165) is 25.7 Å². The molecule has 0 spiro atoms. The van der Waals surface area contributed by atoms with E-state index < -0.39 is 0 Å². The van der Waals surface area contributed by atoms with Gasteiger partial charge in [-0.1, -0.05) is 26.2 Å². The second kappa shape index (κ2) is 5.39. The third kappa shape index (κ3) is 2.91. The van der Waals surface area contributed by atoms with Gasteiger partial charge in [-0.15, -0.1) is 0 Å². The van der Waals surface area contributed by atoms with Crippen molar-refractivity contribution in [1.29, 1.82) is 0 Å². The molecule has 1 aliphatic carbocycles. The Hall–Kier alpha value is -0.900. The quantitative estimate of drug-likeness (QED) is 0.856. The van der Waals surface area contributed by atoms with Crippen LogP contribution in [0.15, 0.2) is 22.7 Å². The molecule has 0 unspecified atom stereocenters. The summed E-state index contributed by atoms with van der Waals surface area (Å²) in [7, 11) is 0. The summed E-state index contributed by atoms with van der Waals surface area (Å²) < 4.78 is 13.9. The van der Waals surface area contributed by atoms with Crippen molar-refractivity contribution in [1.82, 2.24) is 0 Å². The molecule has 98 valence electrons. The molecule has 0 aliphatic heterocycles. The average Bonchev–Trinajstić information content (AvgIpc) is 2.35. The molecule has 4 heteroatoms. The Labute approximate surface area is 115 Å². The molecule has 1 saturated carbocycles.